The smallest absolute Gasteiger partial charge is 0.135 e. The lowest BCUT2D eigenvalue weighted by Crippen LogP contribution is -1.99. The van der Waals surface area contributed by atoms with Crippen LogP contribution in [0.5, 0.6) is 5.75 Å². The van der Waals surface area contributed by atoms with E-state index < -0.39 is 0 Å². The predicted molar refractivity (Wildman–Crippen MR) is 87.7 cm³/mol. The third-order valence-electron chi connectivity index (χ3n) is 2.35. The lowest BCUT2D eigenvalue weighted by Gasteiger charge is -2.11. The zero-order valence-corrected chi connectivity index (χ0v) is 15.0. The molecule has 0 spiro atoms. The van der Waals surface area contributed by atoms with Gasteiger partial charge in [-0.25, -0.2) is 0 Å². The molecule has 0 unspecified atom stereocenters. The van der Waals surface area contributed by atoms with Crippen LogP contribution < -0.4 is 10.1 Å². The zero-order valence-electron chi connectivity index (χ0n) is 9.47. The molecular weight excluding hydrogens is 446 g/mol. The quantitative estimate of drug-likeness (QED) is 0.642. The Labute approximate surface area is 135 Å². The highest BCUT2D eigenvalue weighted by Gasteiger charge is 2.07. The van der Waals surface area contributed by atoms with Crippen molar-refractivity contribution >= 4 is 64.8 Å². The minimum Gasteiger partial charge on any atom is -0.495 e. The molecule has 18 heavy (non-hydrogen) atoms. The van der Waals surface area contributed by atoms with Gasteiger partial charge in [-0.05, 0) is 70.9 Å². The summed E-state index contributed by atoms with van der Waals surface area (Å²) >= 11 is 12.1. The second-order valence-electron chi connectivity index (χ2n) is 3.58. The van der Waals surface area contributed by atoms with Gasteiger partial charge in [-0.1, -0.05) is 0 Å². The van der Waals surface area contributed by atoms with E-state index in [2.05, 4.69) is 64.6 Å². The minimum absolute atomic E-state index is 0.783. The van der Waals surface area contributed by atoms with Gasteiger partial charge < -0.3 is 10.1 Å². The number of benzene rings is 1. The molecule has 0 saturated carbocycles. The predicted octanol–water partition coefficient (Wildman–Crippen LogP) is 5.66. The second-order valence-corrected chi connectivity index (χ2v) is 7.58. The Morgan fingerprint density at radius 3 is 2.56 bits per heavy atom. The summed E-state index contributed by atoms with van der Waals surface area (Å²) in [5.41, 5.74) is 2.26. The van der Waals surface area contributed by atoms with Gasteiger partial charge in [0, 0.05) is 17.1 Å². The summed E-state index contributed by atoms with van der Waals surface area (Å²) in [5, 5.41) is 5.51. The summed E-state index contributed by atoms with van der Waals surface area (Å²) in [5.74, 6) is 0.812. The van der Waals surface area contributed by atoms with Crippen LogP contribution in [-0.2, 0) is 6.54 Å². The summed E-state index contributed by atoms with van der Waals surface area (Å²) in [4.78, 5) is 0. The fraction of sp³-hybridized carbons (Fsp3) is 0.167. The third kappa shape index (κ3) is 3.50. The number of methoxy groups -OCH3 is 1. The number of thiophene rings is 1. The molecule has 2 rings (SSSR count). The molecule has 2 aromatic rings. The van der Waals surface area contributed by atoms with Gasteiger partial charge in [0.2, 0.25) is 0 Å². The van der Waals surface area contributed by atoms with Gasteiger partial charge in [-0.15, -0.1) is 11.3 Å². The molecule has 0 saturated heterocycles. The normalized spacial score (nSPS) is 10.4. The van der Waals surface area contributed by atoms with Gasteiger partial charge in [0.25, 0.3) is 0 Å². The largest absolute Gasteiger partial charge is 0.495 e. The van der Waals surface area contributed by atoms with Crippen LogP contribution in [-0.4, -0.2) is 7.11 Å². The number of ether oxygens (including phenoxy) is 1. The summed E-state index contributed by atoms with van der Waals surface area (Å²) in [7, 11) is 1.66. The average molecular weight is 456 g/mol. The van der Waals surface area contributed by atoms with E-state index in [9.17, 15) is 0 Å². The zero-order chi connectivity index (χ0) is 13.1. The monoisotopic (exact) mass is 453 g/mol. The number of hydrogen-bond donors (Lipinski definition) is 1. The summed E-state index contributed by atoms with van der Waals surface area (Å²) in [6, 6.07) is 6.06. The van der Waals surface area contributed by atoms with Crippen molar-refractivity contribution in [2.75, 3.05) is 12.4 Å². The number of rotatable bonds is 4. The van der Waals surface area contributed by atoms with Crippen LogP contribution in [0.1, 0.15) is 5.56 Å². The molecule has 1 aromatic carbocycles. The molecule has 0 radical (unpaired) electrons. The molecule has 0 fully saturated rings. The van der Waals surface area contributed by atoms with E-state index >= 15 is 0 Å². The average Bonchev–Trinajstić information content (AvgIpc) is 2.74. The maximum absolute atomic E-state index is 5.28. The number of nitrogens with one attached hydrogen (secondary N) is 1. The van der Waals surface area contributed by atoms with E-state index in [4.69, 9.17) is 4.74 Å². The van der Waals surface area contributed by atoms with Crippen LogP contribution >= 0.6 is 59.1 Å². The Morgan fingerprint density at radius 1 is 1.17 bits per heavy atom. The maximum atomic E-state index is 5.28. The van der Waals surface area contributed by atoms with Crippen LogP contribution in [0, 0.1) is 0 Å². The molecule has 0 amide bonds. The van der Waals surface area contributed by atoms with Crippen LogP contribution in [0.25, 0.3) is 0 Å². The molecule has 0 atom stereocenters. The number of anilines is 1. The van der Waals surface area contributed by atoms with Crippen LogP contribution in [0.2, 0.25) is 0 Å². The summed E-state index contributed by atoms with van der Waals surface area (Å²) in [6.07, 6.45) is 0. The fourth-order valence-electron chi connectivity index (χ4n) is 1.46. The molecule has 6 heteroatoms. The van der Waals surface area contributed by atoms with Gasteiger partial charge in [0.15, 0.2) is 0 Å². The Balaban J connectivity index is 2.13. The molecule has 1 heterocycles. The SMILES string of the molecule is COc1cc(NCc2csc(Br)c2)c(Br)cc1Br. The maximum Gasteiger partial charge on any atom is 0.135 e. The van der Waals surface area contributed by atoms with Gasteiger partial charge in [0.05, 0.1) is 21.1 Å². The standard InChI is InChI=1S/C12H10Br3NOS/c1-17-11-4-10(8(13)3-9(11)14)16-5-7-2-12(15)18-6-7/h2-4,6,16H,5H2,1H3. The summed E-state index contributed by atoms with van der Waals surface area (Å²) in [6.45, 7) is 0.783. The molecule has 1 aromatic heterocycles. The van der Waals surface area contributed by atoms with E-state index in [1.807, 2.05) is 12.1 Å². The first-order valence-corrected chi connectivity index (χ1v) is 8.36. The fourth-order valence-corrected chi connectivity index (χ4v) is 3.96. The van der Waals surface area contributed by atoms with Crippen molar-refractivity contribution in [3.8, 4) is 5.75 Å². The van der Waals surface area contributed by atoms with E-state index in [-0.39, 0.29) is 0 Å². The number of halogens is 3. The van der Waals surface area contributed by atoms with Gasteiger partial charge in [0.1, 0.15) is 5.75 Å². The van der Waals surface area contributed by atoms with Crippen molar-refractivity contribution in [2.24, 2.45) is 0 Å². The van der Waals surface area contributed by atoms with Crippen molar-refractivity contribution in [3.05, 3.63) is 41.9 Å². The van der Waals surface area contributed by atoms with E-state index in [0.717, 1.165) is 30.7 Å². The van der Waals surface area contributed by atoms with Crippen molar-refractivity contribution in [2.45, 2.75) is 6.54 Å². The molecule has 0 aliphatic carbocycles. The first kappa shape index (κ1) is 14.4. The highest BCUT2D eigenvalue weighted by molar-refractivity contribution is 9.11. The minimum atomic E-state index is 0.783. The molecule has 1 N–H and O–H groups in total. The van der Waals surface area contributed by atoms with Crippen molar-refractivity contribution in [3.63, 3.8) is 0 Å². The Kier molecular flexibility index (Phi) is 5.12. The molecule has 0 bridgehead atoms. The first-order valence-electron chi connectivity index (χ1n) is 5.10. The van der Waals surface area contributed by atoms with Gasteiger partial charge in [-0.3, -0.25) is 0 Å². The Morgan fingerprint density at radius 2 is 1.94 bits per heavy atom. The van der Waals surface area contributed by atoms with E-state index in [1.165, 1.54) is 5.56 Å². The van der Waals surface area contributed by atoms with Crippen LogP contribution in [0.3, 0.4) is 0 Å². The van der Waals surface area contributed by atoms with Crippen molar-refractivity contribution in [1.82, 2.24) is 0 Å². The van der Waals surface area contributed by atoms with E-state index in [1.54, 1.807) is 18.4 Å². The van der Waals surface area contributed by atoms with Crippen molar-refractivity contribution in [1.29, 1.82) is 0 Å². The third-order valence-corrected chi connectivity index (χ3v) is 5.18. The molecular formula is C12H10Br3NOS. The molecule has 0 aliphatic rings. The Hall–Kier alpha value is -0.0400. The second kappa shape index (κ2) is 6.41. The van der Waals surface area contributed by atoms with Gasteiger partial charge >= 0.3 is 0 Å². The topological polar surface area (TPSA) is 21.3 Å². The lowest BCUT2D eigenvalue weighted by atomic mass is 10.2. The lowest BCUT2D eigenvalue weighted by molar-refractivity contribution is 0.412. The summed E-state index contributed by atoms with van der Waals surface area (Å²) < 4.78 is 8.36. The van der Waals surface area contributed by atoms with Gasteiger partial charge in [-0.2, -0.15) is 0 Å². The van der Waals surface area contributed by atoms with Crippen molar-refractivity contribution < 1.29 is 4.74 Å². The van der Waals surface area contributed by atoms with E-state index in [0.29, 0.717) is 0 Å². The molecule has 2 nitrogen and oxygen atoms in total. The molecule has 0 aliphatic heterocycles. The van der Waals surface area contributed by atoms with Crippen LogP contribution in [0.4, 0.5) is 5.69 Å². The van der Waals surface area contributed by atoms with Crippen LogP contribution in [0.15, 0.2) is 36.3 Å². The Bertz CT molecular complexity index is 556. The number of hydrogen-bond acceptors (Lipinski definition) is 3. The molecule has 96 valence electrons. The highest BCUT2D eigenvalue weighted by Crippen LogP contribution is 2.35. The first-order chi connectivity index (χ1) is 8.60. The highest BCUT2D eigenvalue weighted by atomic mass is 79.9.